The Morgan fingerprint density at radius 2 is 1.97 bits per heavy atom. The second-order valence-corrected chi connectivity index (χ2v) is 8.37. The van der Waals surface area contributed by atoms with E-state index in [-0.39, 0.29) is 33.4 Å². The first-order valence-corrected chi connectivity index (χ1v) is 9.57. The molecule has 0 saturated heterocycles. The topological polar surface area (TPSA) is 100 Å². The lowest BCUT2D eigenvalue weighted by atomic mass is 9.94. The minimum atomic E-state index is -1.13. The number of aromatic hydroxyl groups is 2. The van der Waals surface area contributed by atoms with E-state index in [1.165, 1.54) is 6.07 Å². The van der Waals surface area contributed by atoms with Crippen LogP contribution in [0.5, 0.6) is 17.2 Å². The zero-order chi connectivity index (χ0) is 21.1. The van der Waals surface area contributed by atoms with Gasteiger partial charge in [-0.3, -0.25) is 4.79 Å². The fraction of sp³-hybridized carbons (Fsp3) is 0.348. The first-order chi connectivity index (χ1) is 13.6. The summed E-state index contributed by atoms with van der Waals surface area (Å²) in [7, 11) is 0. The molecular weight excluding hydrogens is 372 g/mol. The zero-order valence-corrected chi connectivity index (χ0v) is 16.9. The molecule has 0 amide bonds. The Balaban J connectivity index is 2.11. The number of hydrogen-bond acceptors (Lipinski definition) is 6. The van der Waals surface area contributed by atoms with Crippen LogP contribution < -0.4 is 10.2 Å². The van der Waals surface area contributed by atoms with Gasteiger partial charge in [0.05, 0.1) is 11.0 Å². The monoisotopic (exact) mass is 396 g/mol. The number of para-hydroxylation sites is 1. The highest BCUT2D eigenvalue weighted by Crippen LogP contribution is 2.46. The Morgan fingerprint density at radius 1 is 1.24 bits per heavy atom. The van der Waals surface area contributed by atoms with E-state index in [9.17, 15) is 20.1 Å². The Hall–Kier alpha value is -2.99. The molecule has 1 aromatic heterocycles. The summed E-state index contributed by atoms with van der Waals surface area (Å²) in [5.74, 6) is 0.0884. The van der Waals surface area contributed by atoms with Crippen LogP contribution in [0.25, 0.3) is 21.9 Å². The lowest BCUT2D eigenvalue weighted by molar-refractivity contribution is -0.0232. The molecule has 0 saturated carbocycles. The van der Waals surface area contributed by atoms with E-state index in [1.807, 2.05) is 19.9 Å². The fourth-order valence-electron chi connectivity index (χ4n) is 3.76. The highest BCUT2D eigenvalue weighted by atomic mass is 16.5. The maximum atomic E-state index is 13.2. The molecule has 1 atom stereocenters. The van der Waals surface area contributed by atoms with Crippen molar-refractivity contribution < 1.29 is 24.5 Å². The average molecular weight is 396 g/mol. The van der Waals surface area contributed by atoms with Gasteiger partial charge in [0, 0.05) is 17.5 Å². The molecule has 2 heterocycles. The van der Waals surface area contributed by atoms with E-state index in [0.29, 0.717) is 29.7 Å². The number of benzene rings is 2. The first kappa shape index (κ1) is 19.3. The van der Waals surface area contributed by atoms with Crippen molar-refractivity contribution in [1.29, 1.82) is 0 Å². The van der Waals surface area contributed by atoms with Crippen LogP contribution in [0.2, 0.25) is 0 Å². The molecule has 4 rings (SSSR count). The second-order valence-electron chi connectivity index (χ2n) is 8.37. The first-order valence-electron chi connectivity index (χ1n) is 9.57. The number of rotatable bonds is 3. The zero-order valence-electron chi connectivity index (χ0n) is 16.9. The predicted octanol–water partition coefficient (Wildman–Crippen LogP) is 3.94. The van der Waals surface area contributed by atoms with E-state index >= 15 is 0 Å². The maximum Gasteiger partial charge on any atom is 0.204 e. The summed E-state index contributed by atoms with van der Waals surface area (Å²) in [6, 6.07) is 4.55. The van der Waals surface area contributed by atoms with Crippen LogP contribution in [0.3, 0.4) is 0 Å². The molecule has 29 heavy (non-hydrogen) atoms. The number of aliphatic hydroxyl groups is 1. The van der Waals surface area contributed by atoms with Gasteiger partial charge in [0.15, 0.2) is 11.3 Å². The van der Waals surface area contributed by atoms with Crippen molar-refractivity contribution in [2.45, 2.75) is 52.2 Å². The molecule has 0 fully saturated rings. The van der Waals surface area contributed by atoms with Crippen molar-refractivity contribution in [3.8, 4) is 17.2 Å². The van der Waals surface area contributed by atoms with Crippen LogP contribution in [0.4, 0.5) is 0 Å². The van der Waals surface area contributed by atoms with E-state index in [4.69, 9.17) is 9.15 Å². The summed E-state index contributed by atoms with van der Waals surface area (Å²) in [5, 5.41) is 32.0. The summed E-state index contributed by atoms with van der Waals surface area (Å²) < 4.78 is 12.0. The molecule has 1 aliphatic rings. The molecule has 1 aliphatic heterocycles. The van der Waals surface area contributed by atoms with Crippen LogP contribution in [-0.4, -0.2) is 27.0 Å². The third-order valence-electron chi connectivity index (χ3n) is 5.39. The van der Waals surface area contributed by atoms with Crippen molar-refractivity contribution >= 4 is 21.9 Å². The molecule has 6 nitrogen and oxygen atoms in total. The van der Waals surface area contributed by atoms with Gasteiger partial charge in [0.1, 0.15) is 28.6 Å². The molecule has 0 spiro atoms. The molecule has 152 valence electrons. The number of phenolic OH excluding ortho intramolecular Hbond substituents is 2. The largest absolute Gasteiger partial charge is 0.507 e. The maximum absolute atomic E-state index is 13.2. The van der Waals surface area contributed by atoms with E-state index in [0.717, 1.165) is 5.57 Å². The van der Waals surface area contributed by atoms with Crippen molar-refractivity contribution in [2.75, 3.05) is 0 Å². The van der Waals surface area contributed by atoms with E-state index in [1.54, 1.807) is 26.0 Å². The minimum absolute atomic E-state index is 0.0651. The van der Waals surface area contributed by atoms with Gasteiger partial charge >= 0.3 is 0 Å². The molecule has 0 radical (unpaired) electrons. The van der Waals surface area contributed by atoms with Gasteiger partial charge in [-0.25, -0.2) is 0 Å². The van der Waals surface area contributed by atoms with Crippen LogP contribution in [-0.2, 0) is 12.8 Å². The highest BCUT2D eigenvalue weighted by molar-refractivity contribution is 5.98. The standard InChI is InChI=1S/C23H24O6/c1-11(2)8-9-13-19(26)17-18(25)12-6-5-7-15(24)21(12)29-22(17)14-10-16(23(3,4)27)28-20(13)14/h5-8,16,24,26-27H,9-10H2,1-4H3/t16-/m0/s1. The normalized spacial score (nSPS) is 16.1. The van der Waals surface area contributed by atoms with Crippen molar-refractivity contribution in [1.82, 2.24) is 0 Å². The lowest BCUT2D eigenvalue weighted by Gasteiger charge is -2.24. The molecule has 0 bridgehead atoms. The van der Waals surface area contributed by atoms with Gasteiger partial charge < -0.3 is 24.5 Å². The minimum Gasteiger partial charge on any atom is -0.507 e. The van der Waals surface area contributed by atoms with Crippen LogP contribution >= 0.6 is 0 Å². The van der Waals surface area contributed by atoms with Crippen molar-refractivity contribution in [2.24, 2.45) is 0 Å². The van der Waals surface area contributed by atoms with Gasteiger partial charge in [0.2, 0.25) is 5.43 Å². The number of phenols is 2. The number of ether oxygens (including phenoxy) is 1. The van der Waals surface area contributed by atoms with E-state index in [2.05, 4.69) is 0 Å². The van der Waals surface area contributed by atoms with Crippen LogP contribution in [0, 0.1) is 0 Å². The van der Waals surface area contributed by atoms with Crippen molar-refractivity contribution in [3.05, 3.63) is 51.2 Å². The van der Waals surface area contributed by atoms with Gasteiger partial charge in [-0.15, -0.1) is 0 Å². The third-order valence-corrected chi connectivity index (χ3v) is 5.39. The molecular formula is C23H24O6. The molecule has 0 unspecified atom stereocenters. The van der Waals surface area contributed by atoms with Gasteiger partial charge in [-0.1, -0.05) is 17.7 Å². The van der Waals surface area contributed by atoms with Crippen LogP contribution in [0.15, 0.2) is 39.1 Å². The molecule has 2 aromatic carbocycles. The molecule has 0 aliphatic carbocycles. The Kier molecular flexibility index (Phi) is 4.35. The lowest BCUT2D eigenvalue weighted by Crippen LogP contribution is -2.39. The van der Waals surface area contributed by atoms with Gasteiger partial charge in [-0.05, 0) is 46.2 Å². The molecule has 3 aromatic rings. The SMILES string of the molecule is CC(C)=CCc1c2c(c3oc4c(O)cccc4c(=O)c3c1O)C[C@@H](C(C)(C)O)O2. The summed E-state index contributed by atoms with van der Waals surface area (Å²) >= 11 is 0. The van der Waals surface area contributed by atoms with Gasteiger partial charge in [-0.2, -0.15) is 0 Å². The summed E-state index contributed by atoms with van der Waals surface area (Å²) in [5.41, 5.74) is 0.873. The van der Waals surface area contributed by atoms with E-state index < -0.39 is 17.1 Å². The molecule has 6 heteroatoms. The smallest absolute Gasteiger partial charge is 0.204 e. The Morgan fingerprint density at radius 3 is 2.62 bits per heavy atom. The predicted molar refractivity (Wildman–Crippen MR) is 111 cm³/mol. The summed E-state index contributed by atoms with van der Waals surface area (Å²) in [6.07, 6.45) is 2.08. The second kappa shape index (κ2) is 6.52. The number of allylic oxidation sites excluding steroid dienone is 2. The Labute approximate surface area is 167 Å². The van der Waals surface area contributed by atoms with Gasteiger partial charge in [0.25, 0.3) is 0 Å². The highest BCUT2D eigenvalue weighted by Gasteiger charge is 2.39. The van der Waals surface area contributed by atoms with Crippen LogP contribution in [0.1, 0.15) is 38.8 Å². The quantitative estimate of drug-likeness (QED) is 0.458. The number of hydrogen-bond donors (Lipinski definition) is 3. The fourth-order valence-corrected chi connectivity index (χ4v) is 3.76. The third kappa shape index (κ3) is 3.04. The average Bonchev–Trinajstić information content (AvgIpc) is 3.08. The Bertz CT molecular complexity index is 1220. The summed E-state index contributed by atoms with van der Waals surface area (Å²) in [6.45, 7) is 7.20. The van der Waals surface area contributed by atoms with Crippen molar-refractivity contribution in [3.63, 3.8) is 0 Å². The molecule has 3 N–H and O–H groups in total. The summed E-state index contributed by atoms with van der Waals surface area (Å²) in [4.78, 5) is 13.2. The number of fused-ring (bicyclic) bond motifs is 4.